The van der Waals surface area contributed by atoms with E-state index in [4.69, 9.17) is 0 Å². The zero-order valence-corrected chi connectivity index (χ0v) is 17.4. The SMILES string of the molecule is Cn1cnc(-c2ccccc2)c1NC(=O)c1nc(-c2ccccc2)n(-c2ccccc2)n1. The molecule has 0 aliphatic rings. The van der Waals surface area contributed by atoms with Gasteiger partial charge >= 0.3 is 0 Å². The largest absolute Gasteiger partial charge is 0.320 e. The second-order valence-corrected chi connectivity index (χ2v) is 7.25. The van der Waals surface area contributed by atoms with E-state index in [-0.39, 0.29) is 5.82 Å². The third-order valence-corrected chi connectivity index (χ3v) is 5.06. The number of carbonyl (C=O) groups is 1. The first-order valence-corrected chi connectivity index (χ1v) is 10.2. The van der Waals surface area contributed by atoms with Gasteiger partial charge in [-0.1, -0.05) is 78.9 Å². The highest BCUT2D eigenvalue weighted by atomic mass is 16.2. The molecule has 0 radical (unpaired) electrons. The standard InChI is InChI=1S/C25H20N6O/c1-30-17-26-21(18-11-5-2-6-12-18)24(30)28-25(32)22-27-23(19-13-7-3-8-14-19)31(29-22)20-15-9-4-10-16-20/h2-17H,1H3,(H,28,32). The summed E-state index contributed by atoms with van der Waals surface area (Å²) in [5, 5.41) is 7.47. The van der Waals surface area contributed by atoms with Gasteiger partial charge in [0.05, 0.1) is 12.0 Å². The van der Waals surface area contributed by atoms with Gasteiger partial charge in [0.15, 0.2) is 5.82 Å². The van der Waals surface area contributed by atoms with Crippen LogP contribution in [0.2, 0.25) is 0 Å². The van der Waals surface area contributed by atoms with E-state index in [1.165, 1.54) is 0 Å². The van der Waals surface area contributed by atoms with Crippen molar-refractivity contribution in [1.82, 2.24) is 24.3 Å². The van der Waals surface area contributed by atoms with Crippen molar-refractivity contribution in [2.45, 2.75) is 0 Å². The first-order chi connectivity index (χ1) is 15.7. The molecule has 2 aromatic heterocycles. The molecular weight excluding hydrogens is 400 g/mol. The first kappa shape index (κ1) is 19.4. The van der Waals surface area contributed by atoms with Crippen LogP contribution in [0.1, 0.15) is 10.6 Å². The van der Waals surface area contributed by atoms with Gasteiger partial charge in [-0.15, -0.1) is 5.10 Å². The Kier molecular flexibility index (Phi) is 5.05. The summed E-state index contributed by atoms with van der Waals surface area (Å²) >= 11 is 0. The van der Waals surface area contributed by atoms with Crippen LogP contribution in [-0.2, 0) is 7.05 Å². The summed E-state index contributed by atoms with van der Waals surface area (Å²) in [6, 6.07) is 29.0. The van der Waals surface area contributed by atoms with Gasteiger partial charge in [0, 0.05) is 18.2 Å². The van der Waals surface area contributed by atoms with Crippen molar-refractivity contribution in [2.24, 2.45) is 7.05 Å². The zero-order chi connectivity index (χ0) is 21.9. The molecule has 32 heavy (non-hydrogen) atoms. The predicted octanol–water partition coefficient (Wildman–Crippen LogP) is 4.59. The number of nitrogens with one attached hydrogen (secondary N) is 1. The fourth-order valence-corrected chi connectivity index (χ4v) is 3.48. The summed E-state index contributed by atoms with van der Waals surface area (Å²) in [6.07, 6.45) is 1.67. The van der Waals surface area contributed by atoms with Gasteiger partial charge < -0.3 is 9.88 Å². The van der Waals surface area contributed by atoms with Gasteiger partial charge in [-0.3, -0.25) is 4.79 Å². The minimum Gasteiger partial charge on any atom is -0.320 e. The Morgan fingerprint density at radius 1 is 0.812 bits per heavy atom. The fraction of sp³-hybridized carbons (Fsp3) is 0.0400. The number of anilines is 1. The number of hydrogen-bond donors (Lipinski definition) is 1. The molecule has 7 heteroatoms. The molecule has 0 bridgehead atoms. The minimum atomic E-state index is -0.405. The molecule has 0 aliphatic carbocycles. The van der Waals surface area contributed by atoms with Crippen molar-refractivity contribution in [3.63, 3.8) is 0 Å². The summed E-state index contributed by atoms with van der Waals surface area (Å²) < 4.78 is 3.46. The van der Waals surface area contributed by atoms with Gasteiger partial charge in [0.25, 0.3) is 5.91 Å². The van der Waals surface area contributed by atoms with Crippen LogP contribution in [0.5, 0.6) is 0 Å². The van der Waals surface area contributed by atoms with Gasteiger partial charge in [-0.05, 0) is 12.1 Å². The summed E-state index contributed by atoms with van der Waals surface area (Å²) in [5.74, 6) is 0.847. The number of aryl methyl sites for hydroxylation is 1. The lowest BCUT2D eigenvalue weighted by Gasteiger charge is -2.07. The molecule has 0 saturated carbocycles. The van der Waals surface area contributed by atoms with E-state index in [9.17, 15) is 4.79 Å². The van der Waals surface area contributed by atoms with E-state index in [2.05, 4.69) is 20.4 Å². The van der Waals surface area contributed by atoms with Gasteiger partial charge in [0.1, 0.15) is 11.5 Å². The topological polar surface area (TPSA) is 77.6 Å². The van der Waals surface area contributed by atoms with E-state index in [1.807, 2.05) is 98.0 Å². The zero-order valence-electron chi connectivity index (χ0n) is 17.4. The van der Waals surface area contributed by atoms with Crippen LogP contribution in [0.15, 0.2) is 97.3 Å². The smallest absolute Gasteiger partial charge is 0.296 e. The number of amides is 1. The minimum absolute atomic E-state index is 0.0768. The van der Waals surface area contributed by atoms with Crippen LogP contribution in [-0.4, -0.2) is 30.2 Å². The molecule has 1 amide bonds. The molecule has 5 rings (SSSR count). The van der Waals surface area contributed by atoms with Crippen LogP contribution in [0.4, 0.5) is 5.82 Å². The average molecular weight is 420 g/mol. The number of para-hydroxylation sites is 1. The Bertz CT molecular complexity index is 1300. The Morgan fingerprint density at radius 2 is 1.41 bits per heavy atom. The van der Waals surface area contributed by atoms with Crippen molar-refractivity contribution in [1.29, 1.82) is 0 Å². The first-order valence-electron chi connectivity index (χ1n) is 10.2. The maximum Gasteiger partial charge on any atom is 0.296 e. The fourth-order valence-electron chi connectivity index (χ4n) is 3.48. The molecule has 3 aromatic carbocycles. The lowest BCUT2D eigenvalue weighted by molar-refractivity contribution is 0.101. The lowest BCUT2D eigenvalue weighted by Crippen LogP contribution is -2.16. The van der Waals surface area contributed by atoms with Crippen LogP contribution >= 0.6 is 0 Å². The highest BCUT2D eigenvalue weighted by Crippen LogP contribution is 2.27. The average Bonchev–Trinajstić information content (AvgIpc) is 3.45. The number of aromatic nitrogens is 5. The second-order valence-electron chi connectivity index (χ2n) is 7.25. The quantitative estimate of drug-likeness (QED) is 0.451. The van der Waals surface area contributed by atoms with Crippen LogP contribution < -0.4 is 5.32 Å². The molecule has 0 saturated heterocycles. The van der Waals surface area contributed by atoms with E-state index < -0.39 is 5.91 Å². The maximum atomic E-state index is 13.2. The molecule has 0 fully saturated rings. The Labute approximate surface area is 185 Å². The van der Waals surface area contributed by atoms with Gasteiger partial charge in [-0.2, -0.15) is 0 Å². The Hall–Kier alpha value is -4.52. The number of carbonyl (C=O) groups excluding carboxylic acids is 1. The summed E-state index contributed by atoms with van der Waals surface area (Å²) in [5.41, 5.74) is 3.29. The van der Waals surface area contributed by atoms with Gasteiger partial charge in [0.2, 0.25) is 5.82 Å². The summed E-state index contributed by atoms with van der Waals surface area (Å²) in [7, 11) is 1.83. The van der Waals surface area contributed by atoms with Crippen molar-refractivity contribution < 1.29 is 4.79 Å². The highest BCUT2D eigenvalue weighted by molar-refractivity contribution is 6.03. The molecule has 1 N–H and O–H groups in total. The normalized spacial score (nSPS) is 10.8. The van der Waals surface area contributed by atoms with Crippen molar-refractivity contribution >= 4 is 11.7 Å². The molecule has 7 nitrogen and oxygen atoms in total. The number of rotatable bonds is 5. The van der Waals surface area contributed by atoms with E-state index in [1.54, 1.807) is 15.6 Å². The summed E-state index contributed by atoms with van der Waals surface area (Å²) in [6.45, 7) is 0. The molecular formula is C25H20N6O. The van der Waals surface area contributed by atoms with Crippen molar-refractivity contribution in [3.8, 4) is 28.3 Å². The monoisotopic (exact) mass is 420 g/mol. The summed E-state index contributed by atoms with van der Waals surface area (Å²) in [4.78, 5) is 22.2. The molecule has 2 heterocycles. The van der Waals surface area contributed by atoms with E-state index >= 15 is 0 Å². The third-order valence-electron chi connectivity index (χ3n) is 5.06. The third kappa shape index (κ3) is 3.67. The maximum absolute atomic E-state index is 13.2. The Morgan fingerprint density at radius 3 is 2.06 bits per heavy atom. The van der Waals surface area contributed by atoms with Crippen LogP contribution in [0.3, 0.4) is 0 Å². The van der Waals surface area contributed by atoms with Crippen LogP contribution in [0.25, 0.3) is 28.3 Å². The molecule has 0 unspecified atom stereocenters. The van der Waals surface area contributed by atoms with Crippen molar-refractivity contribution in [2.75, 3.05) is 5.32 Å². The van der Waals surface area contributed by atoms with E-state index in [0.29, 0.717) is 17.3 Å². The Balaban J connectivity index is 1.53. The number of imidazole rings is 1. The number of benzene rings is 3. The molecule has 5 aromatic rings. The highest BCUT2D eigenvalue weighted by Gasteiger charge is 2.21. The van der Waals surface area contributed by atoms with Crippen molar-refractivity contribution in [3.05, 3.63) is 103 Å². The molecule has 0 spiro atoms. The molecule has 156 valence electrons. The second kappa shape index (κ2) is 8.31. The predicted molar refractivity (Wildman–Crippen MR) is 123 cm³/mol. The lowest BCUT2D eigenvalue weighted by atomic mass is 10.1. The van der Waals surface area contributed by atoms with E-state index in [0.717, 1.165) is 16.8 Å². The van der Waals surface area contributed by atoms with Gasteiger partial charge in [-0.25, -0.2) is 14.6 Å². The number of nitrogens with zero attached hydrogens (tertiary/aromatic N) is 5. The van der Waals surface area contributed by atoms with Crippen LogP contribution in [0, 0.1) is 0 Å². The number of hydrogen-bond acceptors (Lipinski definition) is 4. The molecule has 0 atom stereocenters. The molecule has 0 aliphatic heterocycles.